The van der Waals surface area contributed by atoms with Crippen LogP contribution in [0.5, 0.6) is 0 Å². The van der Waals surface area contributed by atoms with Crippen LogP contribution in [0.3, 0.4) is 0 Å². The second kappa shape index (κ2) is 7.81. The molecule has 0 bridgehead atoms. The molecule has 1 atom stereocenters. The summed E-state index contributed by atoms with van der Waals surface area (Å²) in [7, 11) is 0. The first-order valence-corrected chi connectivity index (χ1v) is 9.57. The van der Waals surface area contributed by atoms with Crippen LogP contribution in [0.15, 0.2) is 79.4 Å². The van der Waals surface area contributed by atoms with E-state index < -0.39 is 5.60 Å². The van der Waals surface area contributed by atoms with Crippen molar-refractivity contribution in [2.75, 3.05) is 0 Å². The summed E-state index contributed by atoms with van der Waals surface area (Å²) in [6.45, 7) is 7.37. The van der Waals surface area contributed by atoms with E-state index in [1.54, 1.807) is 11.3 Å². The Morgan fingerprint density at radius 3 is 2.42 bits per heavy atom. The Morgan fingerprint density at radius 2 is 1.69 bits per heavy atom. The Kier molecular flexibility index (Phi) is 5.50. The fourth-order valence-electron chi connectivity index (χ4n) is 2.85. The number of benzene rings is 3. The van der Waals surface area contributed by atoms with Gasteiger partial charge in [-0.2, -0.15) is 0 Å². The number of aromatic nitrogens is 1. The van der Waals surface area contributed by atoms with Crippen LogP contribution < -0.4 is 0 Å². The van der Waals surface area contributed by atoms with E-state index in [0.717, 1.165) is 38.0 Å². The number of para-hydroxylation sites is 1. The third kappa shape index (κ3) is 3.55. The van der Waals surface area contributed by atoms with Crippen LogP contribution in [0.25, 0.3) is 21.0 Å². The molecule has 1 heterocycles. The van der Waals surface area contributed by atoms with Gasteiger partial charge in [-0.3, -0.25) is 0 Å². The number of allylic oxidation sites excluding steroid dienone is 1. The highest BCUT2D eigenvalue weighted by molar-refractivity contribution is 7.18. The van der Waals surface area contributed by atoms with Gasteiger partial charge in [0.2, 0.25) is 0 Å². The molecule has 0 spiro atoms. The second-order valence-corrected chi connectivity index (χ2v) is 7.31. The lowest BCUT2D eigenvalue weighted by Gasteiger charge is -2.23. The first-order chi connectivity index (χ1) is 12.6. The van der Waals surface area contributed by atoms with Crippen LogP contribution >= 0.6 is 11.3 Å². The van der Waals surface area contributed by atoms with E-state index in [-0.39, 0.29) is 0 Å². The minimum atomic E-state index is -1.11. The molecule has 3 aromatic carbocycles. The van der Waals surface area contributed by atoms with Crippen molar-refractivity contribution in [1.82, 2.24) is 4.98 Å². The zero-order chi connectivity index (χ0) is 18.6. The largest absolute Gasteiger partial charge is 0.378 e. The minimum Gasteiger partial charge on any atom is -0.378 e. The van der Waals surface area contributed by atoms with Crippen LogP contribution in [0.4, 0.5) is 0 Å². The Bertz CT molecular complexity index is 994. The van der Waals surface area contributed by atoms with Gasteiger partial charge < -0.3 is 5.11 Å². The van der Waals surface area contributed by atoms with Crippen molar-refractivity contribution >= 4 is 32.3 Å². The molecule has 0 saturated carbocycles. The highest BCUT2D eigenvalue weighted by Gasteiger charge is 2.31. The van der Waals surface area contributed by atoms with Crippen molar-refractivity contribution in [3.63, 3.8) is 0 Å². The van der Waals surface area contributed by atoms with E-state index >= 15 is 0 Å². The van der Waals surface area contributed by atoms with Gasteiger partial charge in [0.05, 0.1) is 10.2 Å². The summed E-state index contributed by atoms with van der Waals surface area (Å²) < 4.78 is 1.10. The van der Waals surface area contributed by atoms with Crippen LogP contribution in [0, 0.1) is 0 Å². The molecule has 26 heavy (non-hydrogen) atoms. The van der Waals surface area contributed by atoms with Gasteiger partial charge in [-0.05, 0) is 41.8 Å². The van der Waals surface area contributed by atoms with E-state index in [1.807, 2.05) is 67.6 Å². The van der Waals surface area contributed by atoms with Crippen molar-refractivity contribution in [2.24, 2.45) is 0 Å². The average molecular weight is 362 g/mol. The Morgan fingerprint density at radius 1 is 1.04 bits per heavy atom. The molecule has 4 rings (SSSR count). The maximum atomic E-state index is 11.2. The Labute approximate surface area is 158 Å². The van der Waals surface area contributed by atoms with Gasteiger partial charge >= 0.3 is 0 Å². The SMILES string of the molecule is C=CCC.CC(O)(c1nc2ccccc2s1)c1cccc2ccccc12. The zero-order valence-corrected chi connectivity index (χ0v) is 16.0. The molecule has 4 aromatic rings. The molecular weight excluding hydrogens is 338 g/mol. The highest BCUT2D eigenvalue weighted by Crippen LogP contribution is 2.37. The molecule has 2 nitrogen and oxygen atoms in total. The molecule has 0 aliphatic heterocycles. The number of hydrogen-bond acceptors (Lipinski definition) is 3. The minimum absolute atomic E-state index is 0.727. The van der Waals surface area contributed by atoms with Gasteiger partial charge in [0.1, 0.15) is 10.6 Å². The molecule has 3 heteroatoms. The summed E-state index contributed by atoms with van der Waals surface area (Å²) in [5.41, 5.74) is 0.720. The summed E-state index contributed by atoms with van der Waals surface area (Å²) in [6, 6.07) is 22.1. The Balaban J connectivity index is 0.000000447. The smallest absolute Gasteiger partial charge is 0.139 e. The van der Waals surface area contributed by atoms with Crippen LogP contribution in [0.1, 0.15) is 30.8 Å². The van der Waals surface area contributed by atoms with E-state index in [9.17, 15) is 5.11 Å². The van der Waals surface area contributed by atoms with Crippen LogP contribution in [-0.2, 0) is 5.60 Å². The number of thiazole rings is 1. The molecule has 0 aliphatic rings. The zero-order valence-electron chi connectivity index (χ0n) is 15.1. The average Bonchev–Trinajstić information content (AvgIpc) is 3.13. The number of aliphatic hydroxyl groups is 1. The lowest BCUT2D eigenvalue weighted by atomic mass is 9.91. The van der Waals surface area contributed by atoms with E-state index in [2.05, 4.69) is 30.6 Å². The van der Waals surface area contributed by atoms with Gasteiger partial charge in [-0.1, -0.05) is 67.6 Å². The van der Waals surface area contributed by atoms with Crippen molar-refractivity contribution in [3.05, 3.63) is 90.0 Å². The molecule has 0 fully saturated rings. The molecular formula is C23H23NOS. The standard InChI is InChI=1S/C19H15NOS.C4H8/c1-19(21,18-20-16-11-4-5-12-17(16)22-18)15-10-6-8-13-7-2-3-9-14(13)15;1-3-4-2/h2-12,21H,1H3;3H,1,4H2,2H3. The van der Waals surface area contributed by atoms with Gasteiger partial charge in [0, 0.05) is 0 Å². The van der Waals surface area contributed by atoms with Crippen molar-refractivity contribution in [1.29, 1.82) is 0 Å². The van der Waals surface area contributed by atoms with Crippen molar-refractivity contribution < 1.29 is 5.11 Å². The van der Waals surface area contributed by atoms with E-state index in [4.69, 9.17) is 0 Å². The molecule has 1 aromatic heterocycles. The van der Waals surface area contributed by atoms with Crippen LogP contribution in [0.2, 0.25) is 0 Å². The number of fused-ring (bicyclic) bond motifs is 2. The quantitative estimate of drug-likeness (QED) is 0.435. The third-order valence-corrected chi connectivity index (χ3v) is 5.56. The summed E-state index contributed by atoms with van der Waals surface area (Å²) in [4.78, 5) is 4.64. The molecule has 1 N–H and O–H groups in total. The number of hydrogen-bond donors (Lipinski definition) is 1. The lowest BCUT2D eigenvalue weighted by Crippen LogP contribution is -2.22. The predicted octanol–water partition coefficient (Wildman–Crippen LogP) is 6.29. The maximum Gasteiger partial charge on any atom is 0.139 e. The van der Waals surface area contributed by atoms with Crippen molar-refractivity contribution in [3.8, 4) is 0 Å². The van der Waals surface area contributed by atoms with Gasteiger partial charge in [-0.25, -0.2) is 4.98 Å². The normalized spacial score (nSPS) is 13.0. The molecule has 0 amide bonds. The number of nitrogens with zero attached hydrogens (tertiary/aromatic N) is 1. The monoisotopic (exact) mass is 361 g/mol. The van der Waals surface area contributed by atoms with Gasteiger partial charge in [0.25, 0.3) is 0 Å². The maximum absolute atomic E-state index is 11.2. The van der Waals surface area contributed by atoms with Crippen molar-refractivity contribution in [2.45, 2.75) is 25.9 Å². The Hall–Kier alpha value is -2.49. The predicted molar refractivity (Wildman–Crippen MR) is 113 cm³/mol. The molecule has 132 valence electrons. The first kappa shape index (κ1) is 18.3. The van der Waals surface area contributed by atoms with Gasteiger partial charge in [0.15, 0.2) is 0 Å². The summed E-state index contributed by atoms with van der Waals surface area (Å²) >= 11 is 1.55. The highest BCUT2D eigenvalue weighted by atomic mass is 32.1. The molecule has 0 saturated heterocycles. The fraction of sp³-hybridized carbons (Fsp3) is 0.174. The molecule has 0 aliphatic carbocycles. The number of rotatable bonds is 3. The molecule has 0 radical (unpaired) electrons. The van der Waals surface area contributed by atoms with E-state index in [0.29, 0.717) is 0 Å². The summed E-state index contributed by atoms with van der Waals surface area (Å²) in [6.07, 6.45) is 2.96. The molecule has 1 unspecified atom stereocenters. The lowest BCUT2D eigenvalue weighted by molar-refractivity contribution is 0.104. The first-order valence-electron chi connectivity index (χ1n) is 8.75. The fourth-order valence-corrected chi connectivity index (χ4v) is 3.87. The van der Waals surface area contributed by atoms with E-state index in [1.165, 1.54) is 0 Å². The summed E-state index contributed by atoms with van der Waals surface area (Å²) in [5, 5.41) is 14.1. The van der Waals surface area contributed by atoms with Gasteiger partial charge in [-0.15, -0.1) is 17.9 Å². The van der Waals surface area contributed by atoms with Crippen LogP contribution in [-0.4, -0.2) is 10.1 Å². The summed E-state index contributed by atoms with van der Waals surface area (Å²) in [5.74, 6) is 0. The second-order valence-electron chi connectivity index (χ2n) is 6.28. The third-order valence-electron chi connectivity index (χ3n) is 4.31. The topological polar surface area (TPSA) is 33.1 Å².